The van der Waals surface area contributed by atoms with Gasteiger partial charge in [-0.3, -0.25) is 0 Å². The quantitative estimate of drug-likeness (QED) is 0.798. The second-order valence-electron chi connectivity index (χ2n) is 5.88. The molecule has 0 spiro atoms. The van der Waals surface area contributed by atoms with Crippen LogP contribution >= 0.6 is 0 Å². The lowest BCUT2D eigenvalue weighted by Crippen LogP contribution is -2.41. The summed E-state index contributed by atoms with van der Waals surface area (Å²) in [5.74, 6) is 1.04. The summed E-state index contributed by atoms with van der Waals surface area (Å²) in [4.78, 5) is 2.24. The highest BCUT2D eigenvalue weighted by molar-refractivity contribution is 6.04. The zero-order valence-electron chi connectivity index (χ0n) is 12.9. The van der Waals surface area contributed by atoms with Crippen molar-refractivity contribution in [3.05, 3.63) is 52.9 Å². The third-order valence-electron chi connectivity index (χ3n) is 4.13. The molecule has 0 N–H and O–H groups in total. The zero-order chi connectivity index (χ0) is 15.1. The van der Waals surface area contributed by atoms with E-state index in [2.05, 4.69) is 53.5 Å². The van der Waals surface area contributed by atoms with Gasteiger partial charge in [-0.1, -0.05) is 29.8 Å². The summed E-state index contributed by atoms with van der Waals surface area (Å²) in [5.41, 5.74) is 4.82. The van der Waals surface area contributed by atoms with Crippen LogP contribution in [0.2, 0.25) is 0 Å². The first-order chi connectivity index (χ1) is 10.7. The van der Waals surface area contributed by atoms with Gasteiger partial charge in [-0.25, -0.2) is 0 Å². The molecule has 5 nitrogen and oxygen atoms in total. The van der Waals surface area contributed by atoms with Crippen LogP contribution in [0.4, 0.5) is 0 Å². The molecule has 0 aliphatic carbocycles. The monoisotopic (exact) mass is 293 g/mol. The number of amidine groups is 1. The zero-order valence-corrected chi connectivity index (χ0v) is 12.9. The molecule has 0 bridgehead atoms. The van der Waals surface area contributed by atoms with Gasteiger partial charge in [-0.05, 0) is 37.0 Å². The molecule has 1 saturated heterocycles. The summed E-state index contributed by atoms with van der Waals surface area (Å²) >= 11 is 0. The number of allylic oxidation sites excluding steroid dienone is 1. The summed E-state index contributed by atoms with van der Waals surface area (Å²) in [6.45, 7) is 3.14. The molecule has 0 unspecified atom stereocenters. The SMILES string of the molecule is Cc1cccc(/C=C2\CCCN3C=C4C=NN(C)N4N=C23)c1. The standard InChI is InChI=1S/C17H19N5/c1-13-5-3-6-14(9-13)10-15-7-4-8-21-12-16-11-18-20(2)22(16)19-17(15)21/h3,5-6,9-12H,4,7-8H2,1-2H3/b15-10+. The van der Waals surface area contributed by atoms with Crippen molar-refractivity contribution < 1.29 is 0 Å². The first-order valence-electron chi connectivity index (χ1n) is 7.63. The largest absolute Gasteiger partial charge is 0.329 e. The van der Waals surface area contributed by atoms with Crippen LogP contribution in [0.1, 0.15) is 24.0 Å². The molecule has 5 heteroatoms. The Morgan fingerprint density at radius 1 is 1.27 bits per heavy atom. The van der Waals surface area contributed by atoms with E-state index >= 15 is 0 Å². The van der Waals surface area contributed by atoms with Gasteiger partial charge in [0, 0.05) is 19.8 Å². The molecule has 112 valence electrons. The summed E-state index contributed by atoms with van der Waals surface area (Å²) in [7, 11) is 1.91. The lowest BCUT2D eigenvalue weighted by Gasteiger charge is -2.35. The molecule has 1 aromatic carbocycles. The van der Waals surface area contributed by atoms with Crippen LogP contribution in [0.5, 0.6) is 0 Å². The number of hydrazine groups is 1. The molecule has 1 aromatic rings. The minimum atomic E-state index is 1.01. The Morgan fingerprint density at radius 2 is 2.18 bits per heavy atom. The van der Waals surface area contributed by atoms with Crippen molar-refractivity contribution in [1.82, 2.24) is 15.1 Å². The summed E-state index contributed by atoms with van der Waals surface area (Å²) < 4.78 is 0. The van der Waals surface area contributed by atoms with E-state index in [1.165, 1.54) is 16.7 Å². The lowest BCUT2D eigenvalue weighted by molar-refractivity contribution is 0.0598. The van der Waals surface area contributed by atoms with E-state index < -0.39 is 0 Å². The van der Waals surface area contributed by atoms with E-state index in [9.17, 15) is 0 Å². The van der Waals surface area contributed by atoms with Gasteiger partial charge in [0.25, 0.3) is 0 Å². The predicted octanol–water partition coefficient (Wildman–Crippen LogP) is 2.79. The molecule has 22 heavy (non-hydrogen) atoms. The number of fused-ring (bicyclic) bond motifs is 2. The van der Waals surface area contributed by atoms with Gasteiger partial charge in [-0.15, -0.1) is 5.10 Å². The van der Waals surface area contributed by atoms with Crippen molar-refractivity contribution in [2.45, 2.75) is 19.8 Å². The van der Waals surface area contributed by atoms with E-state index in [4.69, 9.17) is 5.10 Å². The Hall–Kier alpha value is -2.56. The fraction of sp³-hybridized carbons (Fsp3) is 0.294. The maximum Gasteiger partial charge on any atom is 0.158 e. The van der Waals surface area contributed by atoms with E-state index in [1.807, 2.05) is 18.4 Å². The van der Waals surface area contributed by atoms with Crippen molar-refractivity contribution in [3.8, 4) is 0 Å². The van der Waals surface area contributed by atoms with E-state index in [0.29, 0.717) is 0 Å². The number of aryl methyl sites for hydroxylation is 1. The number of hydrogen-bond acceptors (Lipinski definition) is 5. The molecule has 3 aliphatic rings. The van der Waals surface area contributed by atoms with Crippen LogP contribution in [-0.2, 0) is 0 Å². The van der Waals surface area contributed by atoms with Crippen molar-refractivity contribution >= 4 is 18.1 Å². The van der Waals surface area contributed by atoms with Crippen molar-refractivity contribution in [3.63, 3.8) is 0 Å². The normalized spacial score (nSPS) is 21.7. The number of hydrogen-bond donors (Lipinski definition) is 0. The maximum atomic E-state index is 4.79. The summed E-state index contributed by atoms with van der Waals surface area (Å²) in [5, 5.41) is 12.7. The molecule has 4 rings (SSSR count). The minimum Gasteiger partial charge on any atom is -0.329 e. The maximum absolute atomic E-state index is 4.79. The highest BCUT2D eigenvalue weighted by atomic mass is 15.9. The van der Waals surface area contributed by atoms with Crippen molar-refractivity contribution in [2.75, 3.05) is 13.6 Å². The molecule has 0 amide bonds. The molecule has 1 fully saturated rings. The second-order valence-corrected chi connectivity index (χ2v) is 5.88. The summed E-state index contributed by atoms with van der Waals surface area (Å²) in [6, 6.07) is 8.58. The first-order valence-corrected chi connectivity index (χ1v) is 7.63. The van der Waals surface area contributed by atoms with Gasteiger partial charge in [0.1, 0.15) is 5.70 Å². The van der Waals surface area contributed by atoms with Gasteiger partial charge in [0.2, 0.25) is 0 Å². The molecule has 3 aliphatic heterocycles. The highest BCUT2D eigenvalue weighted by Crippen LogP contribution is 2.28. The summed E-state index contributed by atoms with van der Waals surface area (Å²) in [6.07, 6.45) is 8.45. The fourth-order valence-electron chi connectivity index (χ4n) is 3.05. The third-order valence-corrected chi connectivity index (χ3v) is 4.13. The van der Waals surface area contributed by atoms with Crippen LogP contribution in [0.3, 0.4) is 0 Å². The smallest absolute Gasteiger partial charge is 0.158 e. The minimum absolute atomic E-state index is 1.01. The third kappa shape index (κ3) is 2.19. The van der Waals surface area contributed by atoms with Crippen LogP contribution in [-0.4, -0.2) is 40.8 Å². The Morgan fingerprint density at radius 3 is 3.05 bits per heavy atom. The fourth-order valence-corrected chi connectivity index (χ4v) is 3.05. The first kappa shape index (κ1) is 13.1. The average molecular weight is 293 g/mol. The van der Waals surface area contributed by atoms with Gasteiger partial charge < -0.3 is 4.90 Å². The molecule has 0 saturated carbocycles. The number of hydrazone groups is 2. The van der Waals surface area contributed by atoms with Gasteiger partial charge >= 0.3 is 0 Å². The van der Waals surface area contributed by atoms with E-state index in [-0.39, 0.29) is 0 Å². The number of benzene rings is 1. The van der Waals surface area contributed by atoms with Gasteiger partial charge in [-0.2, -0.15) is 15.3 Å². The second kappa shape index (κ2) is 5.02. The van der Waals surface area contributed by atoms with Crippen molar-refractivity contribution in [1.29, 1.82) is 0 Å². The Bertz CT molecular complexity index is 728. The number of piperidine rings is 1. The van der Waals surface area contributed by atoms with E-state index in [1.54, 1.807) is 5.12 Å². The molecule has 0 atom stereocenters. The lowest BCUT2D eigenvalue weighted by atomic mass is 9.99. The van der Waals surface area contributed by atoms with Crippen LogP contribution in [0.15, 0.2) is 51.9 Å². The predicted molar refractivity (Wildman–Crippen MR) is 88.7 cm³/mol. The highest BCUT2D eigenvalue weighted by Gasteiger charge is 2.30. The molecule has 0 radical (unpaired) electrons. The van der Waals surface area contributed by atoms with Crippen molar-refractivity contribution in [2.24, 2.45) is 10.2 Å². The number of nitrogens with zero attached hydrogens (tertiary/aromatic N) is 5. The molecular weight excluding hydrogens is 274 g/mol. The van der Waals surface area contributed by atoms with Crippen LogP contribution < -0.4 is 0 Å². The number of rotatable bonds is 1. The topological polar surface area (TPSA) is 34.4 Å². The van der Waals surface area contributed by atoms with E-state index in [0.717, 1.165) is 30.9 Å². The van der Waals surface area contributed by atoms with Crippen LogP contribution in [0, 0.1) is 6.92 Å². The Kier molecular flexibility index (Phi) is 2.99. The molecule has 0 aromatic heterocycles. The molecular formula is C17H19N5. The Labute approximate surface area is 130 Å². The van der Waals surface area contributed by atoms with Crippen LogP contribution in [0.25, 0.3) is 6.08 Å². The average Bonchev–Trinajstić information content (AvgIpc) is 2.87. The molecule has 3 heterocycles. The van der Waals surface area contributed by atoms with Gasteiger partial charge in [0.15, 0.2) is 5.84 Å². The van der Waals surface area contributed by atoms with Gasteiger partial charge in [0.05, 0.1) is 6.21 Å². The Balaban J connectivity index is 1.71.